The standard InChI is InChI=1S/C18H20N2O7S/c1-4-26-15(21)8-12-10-28-18(19-12)20-17(23)11-5-6-13(24-2)14(7-11)27-9-16(22)25-3/h5-7,10H,4,8-9H2,1-3H3,(H,19,20,23). The molecule has 2 aromatic rings. The zero-order chi connectivity index (χ0) is 20.5. The molecule has 2 rings (SSSR count). The lowest BCUT2D eigenvalue weighted by Crippen LogP contribution is -2.15. The maximum absolute atomic E-state index is 12.5. The van der Waals surface area contributed by atoms with Gasteiger partial charge in [0.25, 0.3) is 5.91 Å². The largest absolute Gasteiger partial charge is 0.493 e. The fraction of sp³-hybridized carbons (Fsp3) is 0.333. The molecular weight excluding hydrogens is 388 g/mol. The van der Waals surface area contributed by atoms with Crippen molar-refractivity contribution in [2.24, 2.45) is 0 Å². The first-order chi connectivity index (χ1) is 13.5. The number of esters is 2. The van der Waals surface area contributed by atoms with Gasteiger partial charge in [-0.25, -0.2) is 9.78 Å². The van der Waals surface area contributed by atoms with Crippen LogP contribution in [-0.2, 0) is 25.5 Å². The third-order valence-corrected chi connectivity index (χ3v) is 4.21. The smallest absolute Gasteiger partial charge is 0.343 e. The molecule has 0 unspecified atom stereocenters. The van der Waals surface area contributed by atoms with Gasteiger partial charge in [-0.15, -0.1) is 11.3 Å². The number of carbonyl (C=O) groups excluding carboxylic acids is 3. The Hall–Kier alpha value is -3.14. The van der Waals surface area contributed by atoms with Gasteiger partial charge in [0.2, 0.25) is 0 Å². The van der Waals surface area contributed by atoms with E-state index in [1.54, 1.807) is 24.4 Å². The molecule has 0 spiro atoms. The molecule has 0 radical (unpaired) electrons. The van der Waals surface area contributed by atoms with Crippen molar-refractivity contribution in [1.82, 2.24) is 4.98 Å². The summed E-state index contributed by atoms with van der Waals surface area (Å²) in [6, 6.07) is 4.55. The molecule has 28 heavy (non-hydrogen) atoms. The molecule has 150 valence electrons. The number of carbonyl (C=O) groups is 3. The summed E-state index contributed by atoms with van der Waals surface area (Å²) in [6.07, 6.45) is 0.0360. The lowest BCUT2D eigenvalue weighted by atomic mass is 10.2. The second-order valence-electron chi connectivity index (χ2n) is 5.31. The Balaban J connectivity index is 2.06. The zero-order valence-electron chi connectivity index (χ0n) is 15.6. The summed E-state index contributed by atoms with van der Waals surface area (Å²) < 4.78 is 19.9. The Morgan fingerprint density at radius 1 is 1.14 bits per heavy atom. The monoisotopic (exact) mass is 408 g/mol. The first-order valence-electron chi connectivity index (χ1n) is 8.25. The van der Waals surface area contributed by atoms with Crippen molar-refractivity contribution in [2.75, 3.05) is 32.8 Å². The number of rotatable bonds is 9. The van der Waals surface area contributed by atoms with Crippen LogP contribution in [0.25, 0.3) is 0 Å². The van der Waals surface area contributed by atoms with Gasteiger partial charge < -0.3 is 18.9 Å². The van der Waals surface area contributed by atoms with Gasteiger partial charge in [-0.05, 0) is 25.1 Å². The average Bonchev–Trinajstić information content (AvgIpc) is 3.12. The van der Waals surface area contributed by atoms with Gasteiger partial charge in [-0.1, -0.05) is 0 Å². The zero-order valence-corrected chi connectivity index (χ0v) is 16.5. The number of benzene rings is 1. The molecule has 1 N–H and O–H groups in total. The van der Waals surface area contributed by atoms with Crippen molar-refractivity contribution in [3.8, 4) is 11.5 Å². The van der Waals surface area contributed by atoms with E-state index in [0.717, 1.165) is 0 Å². The highest BCUT2D eigenvalue weighted by Crippen LogP contribution is 2.28. The van der Waals surface area contributed by atoms with Gasteiger partial charge in [-0.3, -0.25) is 14.9 Å². The quantitative estimate of drug-likeness (QED) is 0.628. The molecule has 0 bridgehead atoms. The van der Waals surface area contributed by atoms with Crippen LogP contribution in [0, 0.1) is 0 Å². The number of aromatic nitrogens is 1. The van der Waals surface area contributed by atoms with Crippen LogP contribution in [0.3, 0.4) is 0 Å². The van der Waals surface area contributed by atoms with E-state index in [2.05, 4.69) is 15.0 Å². The molecule has 10 heteroatoms. The van der Waals surface area contributed by atoms with Crippen molar-refractivity contribution >= 4 is 34.3 Å². The molecule has 0 atom stereocenters. The predicted octanol–water partition coefficient (Wildman–Crippen LogP) is 2.06. The molecule has 0 aliphatic carbocycles. The van der Waals surface area contributed by atoms with Crippen LogP contribution in [0.1, 0.15) is 23.0 Å². The fourth-order valence-electron chi connectivity index (χ4n) is 2.10. The van der Waals surface area contributed by atoms with Crippen molar-refractivity contribution in [3.05, 3.63) is 34.8 Å². The van der Waals surface area contributed by atoms with Gasteiger partial charge in [0, 0.05) is 10.9 Å². The van der Waals surface area contributed by atoms with Crippen LogP contribution in [0.4, 0.5) is 5.13 Å². The summed E-state index contributed by atoms with van der Waals surface area (Å²) in [5, 5.41) is 4.67. The number of amides is 1. The number of nitrogens with zero attached hydrogens (tertiary/aromatic N) is 1. The molecule has 1 amide bonds. The summed E-state index contributed by atoms with van der Waals surface area (Å²) in [5.41, 5.74) is 0.790. The molecule has 9 nitrogen and oxygen atoms in total. The van der Waals surface area contributed by atoms with Crippen molar-refractivity contribution in [1.29, 1.82) is 0 Å². The van der Waals surface area contributed by atoms with E-state index in [4.69, 9.17) is 14.2 Å². The Bertz CT molecular complexity index is 850. The topological polar surface area (TPSA) is 113 Å². The molecule has 1 heterocycles. The Kier molecular flexibility index (Phi) is 7.76. The van der Waals surface area contributed by atoms with Gasteiger partial charge >= 0.3 is 11.9 Å². The summed E-state index contributed by atoms with van der Waals surface area (Å²) in [7, 11) is 2.69. The fourth-order valence-corrected chi connectivity index (χ4v) is 2.81. The molecule has 0 fully saturated rings. The lowest BCUT2D eigenvalue weighted by molar-refractivity contribution is -0.143. The molecule has 1 aromatic heterocycles. The Labute approximate surface area is 165 Å². The highest BCUT2D eigenvalue weighted by atomic mass is 32.1. The number of hydrogen-bond donors (Lipinski definition) is 1. The number of ether oxygens (including phenoxy) is 4. The average molecular weight is 408 g/mol. The van der Waals surface area contributed by atoms with Crippen LogP contribution < -0.4 is 14.8 Å². The van der Waals surface area contributed by atoms with Gasteiger partial charge in [0.15, 0.2) is 23.2 Å². The van der Waals surface area contributed by atoms with Crippen LogP contribution in [-0.4, -0.2) is 50.3 Å². The van der Waals surface area contributed by atoms with E-state index in [1.165, 1.54) is 31.6 Å². The minimum atomic E-state index is -0.561. The van der Waals surface area contributed by atoms with Crippen LogP contribution in [0.15, 0.2) is 23.6 Å². The number of methoxy groups -OCH3 is 2. The molecule has 0 saturated heterocycles. The van der Waals surface area contributed by atoms with Crippen molar-refractivity contribution < 1.29 is 33.3 Å². The van der Waals surface area contributed by atoms with E-state index in [-0.39, 0.29) is 30.3 Å². The number of hydrogen-bond acceptors (Lipinski definition) is 9. The van der Waals surface area contributed by atoms with Crippen molar-refractivity contribution in [2.45, 2.75) is 13.3 Å². The SMILES string of the molecule is CCOC(=O)Cc1csc(NC(=O)c2ccc(OC)c(OCC(=O)OC)c2)n1. The number of thiazole rings is 1. The number of nitrogens with one attached hydrogen (secondary N) is 1. The maximum atomic E-state index is 12.5. The summed E-state index contributed by atoms with van der Waals surface area (Å²) in [6.45, 7) is 1.70. The van der Waals surface area contributed by atoms with Crippen LogP contribution in [0.2, 0.25) is 0 Å². The Morgan fingerprint density at radius 3 is 2.61 bits per heavy atom. The normalized spacial score (nSPS) is 10.1. The minimum absolute atomic E-state index is 0.0360. The molecule has 0 saturated carbocycles. The summed E-state index contributed by atoms with van der Waals surface area (Å²) in [4.78, 5) is 39.4. The number of anilines is 1. The van der Waals surface area contributed by atoms with Crippen molar-refractivity contribution in [3.63, 3.8) is 0 Å². The van der Waals surface area contributed by atoms with E-state index < -0.39 is 11.9 Å². The van der Waals surface area contributed by atoms with Gasteiger partial charge in [-0.2, -0.15) is 0 Å². The highest BCUT2D eigenvalue weighted by molar-refractivity contribution is 7.14. The Morgan fingerprint density at radius 2 is 1.93 bits per heavy atom. The third kappa shape index (κ3) is 5.95. The van der Waals surface area contributed by atoms with Gasteiger partial charge in [0.05, 0.1) is 32.9 Å². The van der Waals surface area contributed by atoms with E-state index in [0.29, 0.717) is 23.2 Å². The first kappa shape index (κ1) is 21.2. The highest BCUT2D eigenvalue weighted by Gasteiger charge is 2.15. The molecular formula is C18H20N2O7S. The predicted molar refractivity (Wildman–Crippen MR) is 101 cm³/mol. The minimum Gasteiger partial charge on any atom is -0.493 e. The first-order valence-corrected chi connectivity index (χ1v) is 9.13. The van der Waals surface area contributed by atoms with E-state index in [1.807, 2.05) is 0 Å². The lowest BCUT2D eigenvalue weighted by Gasteiger charge is -2.11. The summed E-state index contributed by atoms with van der Waals surface area (Å²) >= 11 is 1.19. The third-order valence-electron chi connectivity index (χ3n) is 3.40. The second kappa shape index (κ2) is 10.3. The van der Waals surface area contributed by atoms with E-state index >= 15 is 0 Å². The molecule has 0 aliphatic rings. The van der Waals surface area contributed by atoms with Gasteiger partial charge in [0.1, 0.15) is 0 Å². The summed E-state index contributed by atoms with van der Waals surface area (Å²) in [5.74, 6) is -0.779. The molecule has 0 aliphatic heterocycles. The van der Waals surface area contributed by atoms with Crippen LogP contribution >= 0.6 is 11.3 Å². The van der Waals surface area contributed by atoms with E-state index in [9.17, 15) is 14.4 Å². The molecule has 1 aromatic carbocycles. The maximum Gasteiger partial charge on any atom is 0.343 e. The second-order valence-corrected chi connectivity index (χ2v) is 6.17. The van der Waals surface area contributed by atoms with Crippen LogP contribution in [0.5, 0.6) is 11.5 Å².